The van der Waals surface area contributed by atoms with E-state index in [2.05, 4.69) is 0 Å². The second-order valence-corrected chi connectivity index (χ2v) is 4.86. The van der Waals surface area contributed by atoms with Crippen LogP contribution in [0.15, 0.2) is 0 Å². The average molecular weight is 225 g/mol. The van der Waals surface area contributed by atoms with E-state index >= 15 is 0 Å². The number of rotatable bonds is 7. The molecule has 0 rings (SSSR count). The quantitative estimate of drug-likeness (QED) is 0.583. The van der Waals surface area contributed by atoms with Gasteiger partial charge in [0.2, 0.25) is 10.0 Å². The van der Waals surface area contributed by atoms with Gasteiger partial charge < -0.3 is 9.84 Å². The lowest BCUT2D eigenvalue weighted by Gasteiger charge is -2.14. The molecule has 0 aromatic rings. The molecule has 6 nitrogen and oxygen atoms in total. The maximum absolute atomic E-state index is 11.3. The molecule has 0 spiro atoms. The lowest BCUT2D eigenvalue weighted by Crippen LogP contribution is -2.34. The molecule has 0 aliphatic carbocycles. The number of carboxylic acids is 1. The van der Waals surface area contributed by atoms with Crippen LogP contribution < -0.4 is 0 Å². The number of carboxylic acid groups (broad SMARTS) is 1. The normalized spacial score (nSPS) is 11.9. The molecular formula is C7H15NO5S. The maximum atomic E-state index is 11.3. The molecule has 0 aromatic heterocycles. The Labute approximate surface area is 83.5 Å². The first-order valence-electron chi connectivity index (χ1n) is 4.13. The third-order valence-electron chi connectivity index (χ3n) is 1.52. The highest BCUT2D eigenvalue weighted by molar-refractivity contribution is 7.89. The average Bonchev–Trinajstić information content (AvgIpc) is 2.03. The molecule has 14 heavy (non-hydrogen) atoms. The van der Waals surface area contributed by atoms with Gasteiger partial charge in [0.15, 0.2) is 0 Å². The molecule has 84 valence electrons. The van der Waals surface area contributed by atoms with E-state index in [4.69, 9.17) is 9.84 Å². The number of hydrogen-bond donors (Lipinski definition) is 1. The molecule has 0 amide bonds. The summed E-state index contributed by atoms with van der Waals surface area (Å²) in [5.41, 5.74) is 0. The summed E-state index contributed by atoms with van der Waals surface area (Å²) in [5.74, 6) is -1.36. The standard InChI is InChI=1S/C7H15NO5S/c1-3-13-4-5-14(11,12)8(2)6-7(9)10/h3-6H2,1-2H3,(H,9,10). The van der Waals surface area contributed by atoms with E-state index in [9.17, 15) is 13.2 Å². The Morgan fingerprint density at radius 3 is 2.50 bits per heavy atom. The topological polar surface area (TPSA) is 83.9 Å². The number of sulfonamides is 1. The fourth-order valence-electron chi connectivity index (χ4n) is 0.753. The zero-order valence-corrected chi connectivity index (χ0v) is 9.08. The summed E-state index contributed by atoms with van der Waals surface area (Å²) in [6.07, 6.45) is 0. The van der Waals surface area contributed by atoms with E-state index < -0.39 is 22.5 Å². The fourth-order valence-corrected chi connectivity index (χ4v) is 1.70. The third-order valence-corrected chi connectivity index (χ3v) is 3.28. The fraction of sp³-hybridized carbons (Fsp3) is 0.857. The van der Waals surface area contributed by atoms with Gasteiger partial charge in [0.25, 0.3) is 0 Å². The highest BCUT2D eigenvalue weighted by Crippen LogP contribution is 1.97. The predicted molar refractivity (Wildman–Crippen MR) is 50.5 cm³/mol. The summed E-state index contributed by atoms with van der Waals surface area (Å²) in [7, 11) is -2.27. The van der Waals surface area contributed by atoms with Gasteiger partial charge in [-0.2, -0.15) is 4.31 Å². The highest BCUT2D eigenvalue weighted by Gasteiger charge is 2.19. The van der Waals surface area contributed by atoms with Crippen LogP contribution in [-0.2, 0) is 19.6 Å². The first-order valence-corrected chi connectivity index (χ1v) is 5.74. The summed E-state index contributed by atoms with van der Waals surface area (Å²) in [5, 5.41) is 8.38. The van der Waals surface area contributed by atoms with Crippen molar-refractivity contribution in [2.24, 2.45) is 0 Å². The number of carbonyl (C=O) groups is 1. The van der Waals surface area contributed by atoms with Gasteiger partial charge in [-0.25, -0.2) is 8.42 Å². The monoisotopic (exact) mass is 225 g/mol. The Balaban J connectivity index is 4.10. The molecule has 0 saturated carbocycles. The summed E-state index contributed by atoms with van der Waals surface area (Å²) in [6, 6.07) is 0. The largest absolute Gasteiger partial charge is 0.480 e. The minimum atomic E-state index is -3.50. The van der Waals surface area contributed by atoms with E-state index in [1.54, 1.807) is 6.92 Å². The second-order valence-electron chi connectivity index (χ2n) is 2.66. The Kier molecular flexibility index (Phi) is 5.66. The van der Waals surface area contributed by atoms with Gasteiger partial charge >= 0.3 is 5.97 Å². The molecule has 0 fully saturated rings. The number of ether oxygens (including phenoxy) is 1. The molecule has 0 aliphatic rings. The summed E-state index contributed by atoms with van der Waals surface area (Å²) >= 11 is 0. The predicted octanol–water partition coefficient (Wildman–Crippen LogP) is -0.631. The van der Waals surface area contributed by atoms with Crippen molar-refractivity contribution in [1.82, 2.24) is 4.31 Å². The van der Waals surface area contributed by atoms with Crippen LogP contribution in [0.3, 0.4) is 0 Å². The van der Waals surface area contributed by atoms with Gasteiger partial charge in [-0.05, 0) is 6.92 Å². The summed E-state index contributed by atoms with van der Waals surface area (Å²) in [6.45, 7) is 1.77. The van der Waals surface area contributed by atoms with E-state index in [0.29, 0.717) is 6.61 Å². The van der Waals surface area contributed by atoms with E-state index in [-0.39, 0.29) is 12.4 Å². The maximum Gasteiger partial charge on any atom is 0.318 e. The van der Waals surface area contributed by atoms with Gasteiger partial charge in [-0.3, -0.25) is 4.79 Å². The number of nitrogens with zero attached hydrogens (tertiary/aromatic N) is 1. The zero-order valence-electron chi connectivity index (χ0n) is 8.26. The number of aliphatic carboxylic acids is 1. The molecule has 7 heteroatoms. The van der Waals surface area contributed by atoms with Crippen LogP contribution in [0, 0.1) is 0 Å². The smallest absolute Gasteiger partial charge is 0.318 e. The van der Waals surface area contributed by atoms with E-state index in [1.165, 1.54) is 7.05 Å². The van der Waals surface area contributed by atoms with Crippen molar-refractivity contribution in [2.45, 2.75) is 6.92 Å². The summed E-state index contributed by atoms with van der Waals surface area (Å²) < 4.78 is 28.3. The van der Waals surface area contributed by atoms with Crippen LogP contribution in [-0.4, -0.2) is 56.4 Å². The lowest BCUT2D eigenvalue weighted by molar-refractivity contribution is -0.137. The van der Waals surface area contributed by atoms with Crippen LogP contribution in [0.25, 0.3) is 0 Å². The molecular weight excluding hydrogens is 210 g/mol. The molecule has 0 bridgehead atoms. The molecule has 0 aliphatic heterocycles. The lowest BCUT2D eigenvalue weighted by atomic mass is 10.7. The number of hydrogen-bond acceptors (Lipinski definition) is 4. The van der Waals surface area contributed by atoms with Crippen molar-refractivity contribution in [3.05, 3.63) is 0 Å². The third kappa shape index (κ3) is 5.15. The van der Waals surface area contributed by atoms with Crippen molar-refractivity contribution in [3.63, 3.8) is 0 Å². The Morgan fingerprint density at radius 1 is 1.50 bits per heavy atom. The van der Waals surface area contributed by atoms with Crippen LogP contribution in [0.1, 0.15) is 6.92 Å². The van der Waals surface area contributed by atoms with Gasteiger partial charge in [-0.1, -0.05) is 0 Å². The zero-order chi connectivity index (χ0) is 11.2. The van der Waals surface area contributed by atoms with E-state index in [1.807, 2.05) is 0 Å². The molecule has 0 radical (unpaired) electrons. The molecule has 0 atom stereocenters. The SMILES string of the molecule is CCOCCS(=O)(=O)N(C)CC(=O)O. The van der Waals surface area contributed by atoms with Crippen molar-refractivity contribution in [1.29, 1.82) is 0 Å². The first kappa shape index (κ1) is 13.3. The second kappa shape index (κ2) is 5.94. The molecule has 0 heterocycles. The molecule has 0 aromatic carbocycles. The minimum absolute atomic E-state index is 0.0861. The van der Waals surface area contributed by atoms with Crippen molar-refractivity contribution in [3.8, 4) is 0 Å². The van der Waals surface area contributed by atoms with Crippen molar-refractivity contribution >= 4 is 16.0 Å². The van der Waals surface area contributed by atoms with Crippen LogP contribution in [0.5, 0.6) is 0 Å². The van der Waals surface area contributed by atoms with Gasteiger partial charge in [0.05, 0.1) is 12.4 Å². The Bertz CT molecular complexity index is 274. The van der Waals surface area contributed by atoms with Crippen molar-refractivity contribution < 1.29 is 23.1 Å². The van der Waals surface area contributed by atoms with Crippen LogP contribution in [0.2, 0.25) is 0 Å². The van der Waals surface area contributed by atoms with Gasteiger partial charge in [0, 0.05) is 13.7 Å². The molecule has 0 saturated heterocycles. The Hall–Kier alpha value is -0.660. The summed E-state index contributed by atoms with van der Waals surface area (Å²) in [4.78, 5) is 10.2. The number of likely N-dealkylation sites (N-methyl/N-ethyl adjacent to an activating group) is 1. The van der Waals surface area contributed by atoms with Crippen LogP contribution in [0.4, 0.5) is 0 Å². The Morgan fingerprint density at radius 2 is 2.07 bits per heavy atom. The minimum Gasteiger partial charge on any atom is -0.480 e. The molecule has 0 unspecified atom stereocenters. The van der Waals surface area contributed by atoms with Crippen LogP contribution >= 0.6 is 0 Å². The first-order chi connectivity index (χ1) is 6.40. The van der Waals surface area contributed by atoms with Gasteiger partial charge in [-0.15, -0.1) is 0 Å². The molecule has 1 N–H and O–H groups in total. The van der Waals surface area contributed by atoms with Gasteiger partial charge in [0.1, 0.15) is 6.54 Å². The van der Waals surface area contributed by atoms with E-state index in [0.717, 1.165) is 4.31 Å². The van der Waals surface area contributed by atoms with Crippen molar-refractivity contribution in [2.75, 3.05) is 32.6 Å². The highest BCUT2D eigenvalue weighted by atomic mass is 32.2.